The van der Waals surface area contributed by atoms with E-state index in [0.29, 0.717) is 22.7 Å². The van der Waals surface area contributed by atoms with Crippen molar-refractivity contribution >= 4 is 26.0 Å². The molecule has 6 heteroatoms. The van der Waals surface area contributed by atoms with Crippen molar-refractivity contribution < 1.29 is 13.2 Å². The van der Waals surface area contributed by atoms with Crippen molar-refractivity contribution in [3.63, 3.8) is 0 Å². The van der Waals surface area contributed by atoms with Crippen LogP contribution in [0.15, 0.2) is 27.6 Å². The van der Waals surface area contributed by atoms with Gasteiger partial charge in [0.15, 0.2) is 0 Å². The molecule has 0 atom stereocenters. The molecule has 1 aromatic carbocycles. The second-order valence-corrected chi connectivity index (χ2v) is 7.70. The molecule has 19 heavy (non-hydrogen) atoms. The van der Waals surface area contributed by atoms with Crippen LogP contribution in [0.3, 0.4) is 0 Å². The van der Waals surface area contributed by atoms with Gasteiger partial charge in [-0.2, -0.15) is 0 Å². The Hall–Kier alpha value is -0.590. The monoisotopic (exact) mass is 349 g/mol. The topological polar surface area (TPSA) is 46.6 Å². The number of sulfonamides is 1. The van der Waals surface area contributed by atoms with Crippen molar-refractivity contribution in [2.75, 3.05) is 20.7 Å². The zero-order valence-electron chi connectivity index (χ0n) is 11.7. The van der Waals surface area contributed by atoms with Gasteiger partial charge in [-0.1, -0.05) is 13.8 Å². The van der Waals surface area contributed by atoms with Gasteiger partial charge >= 0.3 is 0 Å². The van der Waals surface area contributed by atoms with E-state index in [-0.39, 0.29) is 4.90 Å². The summed E-state index contributed by atoms with van der Waals surface area (Å²) in [5, 5.41) is 0. The number of hydrogen-bond donors (Lipinski definition) is 0. The highest BCUT2D eigenvalue weighted by atomic mass is 79.9. The van der Waals surface area contributed by atoms with E-state index in [9.17, 15) is 8.42 Å². The van der Waals surface area contributed by atoms with Crippen LogP contribution in [0.5, 0.6) is 5.75 Å². The zero-order valence-corrected chi connectivity index (χ0v) is 14.1. The van der Waals surface area contributed by atoms with Crippen LogP contribution >= 0.6 is 15.9 Å². The lowest BCUT2D eigenvalue weighted by Crippen LogP contribution is -2.28. The third-order valence-electron chi connectivity index (χ3n) is 2.85. The molecule has 0 spiro atoms. The first kappa shape index (κ1) is 16.5. The Morgan fingerprint density at radius 3 is 2.47 bits per heavy atom. The smallest absolute Gasteiger partial charge is 0.242 e. The molecule has 0 N–H and O–H groups in total. The maximum atomic E-state index is 12.4. The highest BCUT2D eigenvalue weighted by Gasteiger charge is 2.21. The lowest BCUT2D eigenvalue weighted by Gasteiger charge is -2.18. The van der Waals surface area contributed by atoms with Crippen molar-refractivity contribution in [3.05, 3.63) is 22.7 Å². The van der Waals surface area contributed by atoms with Crippen LogP contribution in [0.4, 0.5) is 0 Å². The molecule has 0 aliphatic rings. The number of halogens is 1. The fourth-order valence-electron chi connectivity index (χ4n) is 1.55. The first-order valence-corrected chi connectivity index (χ1v) is 8.32. The lowest BCUT2D eigenvalue weighted by atomic mass is 10.1. The molecule has 0 aromatic heterocycles. The van der Waals surface area contributed by atoms with E-state index in [4.69, 9.17) is 4.74 Å². The molecule has 0 saturated heterocycles. The highest BCUT2D eigenvalue weighted by Crippen LogP contribution is 2.28. The average Bonchev–Trinajstić information content (AvgIpc) is 2.35. The molecule has 0 heterocycles. The van der Waals surface area contributed by atoms with Crippen LogP contribution in [0.2, 0.25) is 0 Å². The number of methoxy groups -OCH3 is 1. The van der Waals surface area contributed by atoms with Gasteiger partial charge in [0.1, 0.15) is 5.75 Å². The summed E-state index contributed by atoms with van der Waals surface area (Å²) < 4.78 is 31.8. The molecular formula is C13H20BrNO3S. The van der Waals surface area contributed by atoms with Gasteiger partial charge in [0.25, 0.3) is 0 Å². The molecule has 0 amide bonds. The molecule has 0 saturated carbocycles. The van der Waals surface area contributed by atoms with E-state index in [1.165, 1.54) is 4.31 Å². The predicted molar refractivity (Wildman–Crippen MR) is 80.0 cm³/mol. The third-order valence-corrected chi connectivity index (χ3v) is 5.33. The van der Waals surface area contributed by atoms with Gasteiger partial charge in [-0.25, -0.2) is 12.7 Å². The third kappa shape index (κ3) is 4.19. The summed E-state index contributed by atoms with van der Waals surface area (Å²) in [6.07, 6.45) is 0.840. The number of ether oxygens (including phenoxy) is 1. The molecule has 0 bridgehead atoms. The van der Waals surface area contributed by atoms with Gasteiger partial charge in [0.05, 0.1) is 16.5 Å². The van der Waals surface area contributed by atoms with Crippen LogP contribution in [0.1, 0.15) is 20.3 Å². The molecule has 4 nitrogen and oxygen atoms in total. The van der Waals surface area contributed by atoms with E-state index in [1.54, 1.807) is 32.4 Å². The van der Waals surface area contributed by atoms with E-state index in [0.717, 1.165) is 6.42 Å². The Morgan fingerprint density at radius 1 is 1.37 bits per heavy atom. The molecule has 108 valence electrons. The quantitative estimate of drug-likeness (QED) is 0.792. The van der Waals surface area contributed by atoms with E-state index >= 15 is 0 Å². The number of nitrogens with zero attached hydrogens (tertiary/aromatic N) is 1. The van der Waals surface area contributed by atoms with Gasteiger partial charge in [-0.3, -0.25) is 0 Å². The summed E-state index contributed by atoms with van der Waals surface area (Å²) in [4.78, 5) is 0.270. The van der Waals surface area contributed by atoms with Crippen molar-refractivity contribution in [1.82, 2.24) is 4.31 Å². The van der Waals surface area contributed by atoms with E-state index < -0.39 is 10.0 Å². The van der Waals surface area contributed by atoms with E-state index in [1.807, 2.05) is 0 Å². The number of hydrogen-bond acceptors (Lipinski definition) is 3. The summed E-state index contributed by atoms with van der Waals surface area (Å²) in [5.74, 6) is 1.09. The van der Waals surface area contributed by atoms with Crippen LogP contribution in [0.25, 0.3) is 0 Å². The predicted octanol–water partition coefficient (Wildman–Crippen LogP) is 3.12. The Bertz CT molecular complexity index is 529. The molecule has 0 fully saturated rings. The standard InChI is InChI=1S/C13H20BrNO3S/c1-10(2)7-8-15(3)19(16,17)11-5-6-13(18-4)12(14)9-11/h5-6,9-10H,7-8H2,1-4H3. The maximum absolute atomic E-state index is 12.4. The van der Waals surface area contributed by atoms with Crippen LogP contribution < -0.4 is 4.74 Å². The van der Waals surface area contributed by atoms with Crippen molar-refractivity contribution in [2.45, 2.75) is 25.2 Å². The van der Waals surface area contributed by atoms with E-state index in [2.05, 4.69) is 29.8 Å². The minimum absolute atomic E-state index is 0.270. The van der Waals surface area contributed by atoms with Crippen LogP contribution in [-0.4, -0.2) is 33.4 Å². The van der Waals surface area contributed by atoms with Crippen molar-refractivity contribution in [1.29, 1.82) is 0 Å². The summed E-state index contributed by atoms with van der Waals surface area (Å²) in [6, 6.07) is 4.78. The molecule has 1 aromatic rings. The molecule has 1 rings (SSSR count). The molecule has 0 unspecified atom stereocenters. The largest absolute Gasteiger partial charge is 0.496 e. The van der Waals surface area contributed by atoms with Crippen LogP contribution in [-0.2, 0) is 10.0 Å². The Morgan fingerprint density at radius 2 is 2.00 bits per heavy atom. The summed E-state index contributed by atoms with van der Waals surface area (Å²) in [7, 11) is -0.283. The molecular weight excluding hydrogens is 330 g/mol. The Balaban J connectivity index is 2.96. The summed E-state index contributed by atoms with van der Waals surface area (Å²) in [6.45, 7) is 4.67. The van der Waals surface area contributed by atoms with Crippen LogP contribution in [0, 0.1) is 5.92 Å². The SMILES string of the molecule is COc1ccc(S(=O)(=O)N(C)CCC(C)C)cc1Br. The highest BCUT2D eigenvalue weighted by molar-refractivity contribution is 9.10. The number of rotatable bonds is 6. The van der Waals surface area contributed by atoms with Gasteiger partial charge in [0.2, 0.25) is 10.0 Å². The first-order valence-electron chi connectivity index (χ1n) is 6.09. The number of benzene rings is 1. The van der Waals surface area contributed by atoms with Crippen molar-refractivity contribution in [3.8, 4) is 5.75 Å². The second-order valence-electron chi connectivity index (χ2n) is 4.81. The van der Waals surface area contributed by atoms with Gasteiger partial charge in [-0.15, -0.1) is 0 Å². The molecule has 0 aliphatic carbocycles. The average molecular weight is 350 g/mol. The normalized spacial score (nSPS) is 12.2. The van der Waals surface area contributed by atoms with Gasteiger partial charge in [-0.05, 0) is 46.5 Å². The zero-order chi connectivity index (χ0) is 14.6. The second kappa shape index (κ2) is 6.72. The fraction of sp³-hybridized carbons (Fsp3) is 0.538. The fourth-order valence-corrected chi connectivity index (χ4v) is 3.45. The minimum Gasteiger partial charge on any atom is -0.496 e. The summed E-state index contributed by atoms with van der Waals surface area (Å²) >= 11 is 3.30. The first-order chi connectivity index (χ1) is 8.78. The van der Waals surface area contributed by atoms with Crippen molar-refractivity contribution in [2.24, 2.45) is 5.92 Å². The minimum atomic E-state index is -3.43. The van der Waals surface area contributed by atoms with Gasteiger partial charge in [0, 0.05) is 13.6 Å². The summed E-state index contributed by atoms with van der Waals surface area (Å²) in [5.41, 5.74) is 0. The molecule has 0 radical (unpaired) electrons. The maximum Gasteiger partial charge on any atom is 0.242 e. The molecule has 0 aliphatic heterocycles. The van der Waals surface area contributed by atoms with Gasteiger partial charge < -0.3 is 4.74 Å². The lowest BCUT2D eigenvalue weighted by molar-refractivity contribution is 0.411. The Kier molecular flexibility index (Phi) is 5.82. The Labute approximate surface area is 123 Å².